The maximum atomic E-state index is 10.5. The van der Waals surface area contributed by atoms with E-state index in [1.165, 1.54) is 0 Å². The molecule has 0 spiro atoms. The number of nitrogens with zero attached hydrogens (tertiary/aromatic N) is 1. The second kappa shape index (κ2) is 5.50. The molecule has 1 saturated carbocycles. The van der Waals surface area contributed by atoms with Gasteiger partial charge in [0.25, 0.3) is 0 Å². The molecule has 0 unspecified atom stereocenters. The lowest BCUT2D eigenvalue weighted by Gasteiger charge is -2.35. The summed E-state index contributed by atoms with van der Waals surface area (Å²) in [7, 11) is 0. The topological polar surface area (TPSA) is 82.1 Å². The summed E-state index contributed by atoms with van der Waals surface area (Å²) in [5.74, 6) is 0.714. The first-order chi connectivity index (χ1) is 9.02. The van der Waals surface area contributed by atoms with E-state index in [4.69, 9.17) is 11.0 Å². The number of aliphatic hydroxyl groups is 1. The SMILES string of the molecule is CC1CCC(O)(CNc2ccc(C#N)c(N)c2)CC1. The number of nitrogen functional groups attached to an aromatic ring is 1. The lowest BCUT2D eigenvalue weighted by atomic mass is 9.79. The molecule has 1 fully saturated rings. The van der Waals surface area contributed by atoms with Gasteiger partial charge in [-0.2, -0.15) is 5.26 Å². The van der Waals surface area contributed by atoms with Gasteiger partial charge in [0.2, 0.25) is 0 Å². The van der Waals surface area contributed by atoms with Crippen molar-refractivity contribution in [3.63, 3.8) is 0 Å². The van der Waals surface area contributed by atoms with Crippen LogP contribution in [0.1, 0.15) is 38.2 Å². The zero-order valence-corrected chi connectivity index (χ0v) is 11.3. The first kappa shape index (κ1) is 13.7. The van der Waals surface area contributed by atoms with Crippen LogP contribution in [-0.4, -0.2) is 17.3 Å². The van der Waals surface area contributed by atoms with Gasteiger partial charge in [0.1, 0.15) is 6.07 Å². The summed E-state index contributed by atoms with van der Waals surface area (Å²) >= 11 is 0. The van der Waals surface area contributed by atoms with Crippen LogP contribution in [0, 0.1) is 17.2 Å². The molecule has 0 atom stereocenters. The Labute approximate surface area is 114 Å². The monoisotopic (exact) mass is 259 g/mol. The molecule has 19 heavy (non-hydrogen) atoms. The number of hydrogen-bond acceptors (Lipinski definition) is 4. The van der Waals surface area contributed by atoms with Gasteiger partial charge in [-0.05, 0) is 49.8 Å². The van der Waals surface area contributed by atoms with Crippen LogP contribution in [0.2, 0.25) is 0 Å². The first-order valence-electron chi connectivity index (χ1n) is 6.78. The minimum absolute atomic E-state index is 0.469. The quantitative estimate of drug-likeness (QED) is 0.728. The highest BCUT2D eigenvalue weighted by molar-refractivity contribution is 5.62. The van der Waals surface area contributed by atoms with Crippen molar-refractivity contribution < 1.29 is 5.11 Å². The molecule has 0 radical (unpaired) electrons. The number of anilines is 2. The molecule has 2 rings (SSSR count). The number of rotatable bonds is 3. The fraction of sp³-hybridized carbons (Fsp3) is 0.533. The van der Waals surface area contributed by atoms with Crippen LogP contribution in [0.4, 0.5) is 11.4 Å². The Morgan fingerprint density at radius 2 is 2.16 bits per heavy atom. The van der Waals surface area contributed by atoms with E-state index >= 15 is 0 Å². The highest BCUT2D eigenvalue weighted by atomic mass is 16.3. The Morgan fingerprint density at radius 3 is 2.74 bits per heavy atom. The smallest absolute Gasteiger partial charge is 0.101 e. The lowest BCUT2D eigenvalue weighted by molar-refractivity contribution is 0.00501. The van der Waals surface area contributed by atoms with Gasteiger partial charge in [0.05, 0.1) is 16.9 Å². The molecular weight excluding hydrogens is 238 g/mol. The van der Waals surface area contributed by atoms with Crippen molar-refractivity contribution in [2.24, 2.45) is 5.92 Å². The molecule has 1 aromatic carbocycles. The number of nitriles is 1. The van der Waals surface area contributed by atoms with Gasteiger partial charge in [-0.1, -0.05) is 6.92 Å². The van der Waals surface area contributed by atoms with E-state index in [1.54, 1.807) is 12.1 Å². The van der Waals surface area contributed by atoms with Gasteiger partial charge in [-0.15, -0.1) is 0 Å². The molecule has 0 aliphatic heterocycles. The molecule has 102 valence electrons. The van der Waals surface area contributed by atoms with Crippen molar-refractivity contribution in [2.75, 3.05) is 17.6 Å². The second-order valence-electron chi connectivity index (χ2n) is 5.67. The fourth-order valence-electron chi connectivity index (χ4n) is 2.52. The van der Waals surface area contributed by atoms with Crippen LogP contribution >= 0.6 is 0 Å². The minimum atomic E-state index is -0.616. The Balaban J connectivity index is 1.95. The van der Waals surface area contributed by atoms with E-state index in [1.807, 2.05) is 12.1 Å². The number of benzene rings is 1. The van der Waals surface area contributed by atoms with Crippen molar-refractivity contribution >= 4 is 11.4 Å². The predicted molar refractivity (Wildman–Crippen MR) is 76.6 cm³/mol. The predicted octanol–water partition coefficient (Wildman–Crippen LogP) is 2.49. The van der Waals surface area contributed by atoms with Crippen LogP contribution in [-0.2, 0) is 0 Å². The van der Waals surface area contributed by atoms with Crippen LogP contribution < -0.4 is 11.1 Å². The number of hydrogen-bond donors (Lipinski definition) is 3. The van der Waals surface area contributed by atoms with E-state index in [2.05, 4.69) is 12.2 Å². The van der Waals surface area contributed by atoms with E-state index in [9.17, 15) is 5.11 Å². The van der Waals surface area contributed by atoms with E-state index in [0.717, 1.165) is 31.4 Å². The van der Waals surface area contributed by atoms with Gasteiger partial charge >= 0.3 is 0 Å². The van der Waals surface area contributed by atoms with Crippen molar-refractivity contribution in [3.05, 3.63) is 23.8 Å². The van der Waals surface area contributed by atoms with Gasteiger partial charge < -0.3 is 16.2 Å². The van der Waals surface area contributed by atoms with Gasteiger partial charge in [0.15, 0.2) is 0 Å². The summed E-state index contributed by atoms with van der Waals surface area (Å²) in [6, 6.07) is 7.30. The minimum Gasteiger partial charge on any atom is -0.398 e. The molecule has 1 aliphatic rings. The summed E-state index contributed by atoms with van der Waals surface area (Å²) in [4.78, 5) is 0. The Morgan fingerprint density at radius 1 is 1.47 bits per heavy atom. The largest absolute Gasteiger partial charge is 0.398 e. The molecule has 4 N–H and O–H groups in total. The van der Waals surface area contributed by atoms with E-state index in [-0.39, 0.29) is 0 Å². The molecule has 0 aromatic heterocycles. The van der Waals surface area contributed by atoms with E-state index in [0.29, 0.717) is 23.7 Å². The molecule has 1 aliphatic carbocycles. The van der Waals surface area contributed by atoms with Crippen LogP contribution in [0.3, 0.4) is 0 Å². The Hall–Kier alpha value is -1.73. The van der Waals surface area contributed by atoms with E-state index < -0.39 is 5.60 Å². The van der Waals surface area contributed by atoms with Crippen molar-refractivity contribution in [2.45, 2.75) is 38.2 Å². The maximum absolute atomic E-state index is 10.5. The van der Waals surface area contributed by atoms with Gasteiger partial charge in [-0.3, -0.25) is 0 Å². The molecular formula is C15H21N3O. The summed E-state index contributed by atoms with van der Waals surface area (Å²) in [5, 5.41) is 22.5. The molecule has 0 amide bonds. The average Bonchev–Trinajstić information content (AvgIpc) is 2.41. The van der Waals surface area contributed by atoms with Crippen LogP contribution in [0.25, 0.3) is 0 Å². The molecule has 0 heterocycles. The number of nitrogens with two attached hydrogens (primary N) is 1. The molecule has 0 saturated heterocycles. The highest BCUT2D eigenvalue weighted by Gasteiger charge is 2.31. The Kier molecular flexibility index (Phi) is 3.96. The standard InChI is InChI=1S/C15H21N3O/c1-11-4-6-15(19,7-5-11)10-18-13-3-2-12(9-16)14(17)8-13/h2-3,8,11,18-19H,4-7,10,17H2,1H3. The molecule has 4 heteroatoms. The highest BCUT2D eigenvalue weighted by Crippen LogP contribution is 2.32. The molecule has 4 nitrogen and oxygen atoms in total. The summed E-state index contributed by atoms with van der Waals surface area (Å²) < 4.78 is 0. The summed E-state index contributed by atoms with van der Waals surface area (Å²) in [5.41, 5.74) is 6.95. The van der Waals surface area contributed by atoms with Crippen molar-refractivity contribution in [1.29, 1.82) is 5.26 Å². The summed E-state index contributed by atoms with van der Waals surface area (Å²) in [6.45, 7) is 2.76. The fourth-order valence-corrected chi connectivity index (χ4v) is 2.52. The second-order valence-corrected chi connectivity index (χ2v) is 5.67. The van der Waals surface area contributed by atoms with Crippen molar-refractivity contribution in [1.82, 2.24) is 0 Å². The average molecular weight is 259 g/mol. The van der Waals surface area contributed by atoms with Crippen LogP contribution in [0.5, 0.6) is 0 Å². The van der Waals surface area contributed by atoms with Gasteiger partial charge in [-0.25, -0.2) is 0 Å². The Bertz CT molecular complexity index is 485. The number of nitrogens with one attached hydrogen (secondary N) is 1. The normalized spacial score (nSPS) is 26.7. The lowest BCUT2D eigenvalue weighted by Crippen LogP contribution is -2.40. The zero-order valence-electron chi connectivity index (χ0n) is 11.3. The van der Waals surface area contributed by atoms with Crippen molar-refractivity contribution in [3.8, 4) is 6.07 Å². The molecule has 0 bridgehead atoms. The van der Waals surface area contributed by atoms with Gasteiger partial charge in [0, 0.05) is 12.2 Å². The maximum Gasteiger partial charge on any atom is 0.101 e. The third-order valence-corrected chi connectivity index (χ3v) is 4.00. The zero-order chi connectivity index (χ0) is 13.9. The third kappa shape index (κ3) is 3.39. The molecule has 1 aromatic rings. The summed E-state index contributed by atoms with van der Waals surface area (Å²) in [6.07, 6.45) is 3.83. The third-order valence-electron chi connectivity index (χ3n) is 4.00. The van der Waals surface area contributed by atoms with Crippen LogP contribution in [0.15, 0.2) is 18.2 Å². The first-order valence-corrected chi connectivity index (χ1v) is 6.78.